The van der Waals surface area contributed by atoms with Crippen molar-refractivity contribution in [2.45, 2.75) is 30.0 Å². The fourth-order valence-corrected chi connectivity index (χ4v) is 4.07. The number of hydrogen-bond acceptors (Lipinski definition) is 6. The van der Waals surface area contributed by atoms with E-state index in [4.69, 9.17) is 18.9 Å². The Morgan fingerprint density at radius 1 is 1.07 bits per heavy atom. The predicted molar refractivity (Wildman–Crippen MR) is 107 cm³/mol. The Kier molecular flexibility index (Phi) is 6.40. The fourth-order valence-electron chi connectivity index (χ4n) is 3.62. The Hall–Kier alpha value is -2.55. The first-order chi connectivity index (χ1) is 14.2. The molecule has 1 unspecified atom stereocenters. The molecule has 0 amide bonds. The average Bonchev–Trinajstić information content (AvgIpc) is 2.88. The van der Waals surface area contributed by atoms with Gasteiger partial charge in [-0.25, -0.2) is 4.79 Å². The topological polar surface area (TPSA) is 54.0 Å². The maximum Gasteiger partial charge on any atom is 0.490 e. The molecule has 30 heavy (non-hydrogen) atoms. The summed E-state index contributed by atoms with van der Waals surface area (Å²) in [7, 11) is 4.46. The number of aryl methyl sites for hydroxylation is 1. The van der Waals surface area contributed by atoms with E-state index in [0.29, 0.717) is 40.4 Å². The number of benzene rings is 2. The first-order valence-corrected chi connectivity index (χ1v) is 10.3. The molecule has 0 aliphatic heterocycles. The Balaban J connectivity index is 2.24. The highest BCUT2D eigenvalue weighted by molar-refractivity contribution is 7.98. The number of hydrogen-bond donors (Lipinski definition) is 0. The molecule has 0 saturated heterocycles. The maximum atomic E-state index is 12.9. The van der Waals surface area contributed by atoms with Crippen LogP contribution in [-0.4, -0.2) is 39.7 Å². The second kappa shape index (κ2) is 8.67. The van der Waals surface area contributed by atoms with Crippen LogP contribution in [0, 0.1) is 0 Å². The van der Waals surface area contributed by atoms with Gasteiger partial charge in [0.15, 0.2) is 11.5 Å². The van der Waals surface area contributed by atoms with E-state index in [1.807, 2.05) is 12.3 Å². The summed E-state index contributed by atoms with van der Waals surface area (Å²) in [6.45, 7) is 0. The minimum Gasteiger partial charge on any atom is -0.493 e. The highest BCUT2D eigenvalue weighted by atomic mass is 32.2. The molecule has 2 aromatic carbocycles. The van der Waals surface area contributed by atoms with Crippen LogP contribution in [0.3, 0.4) is 0 Å². The molecular weight excluding hydrogens is 421 g/mol. The lowest BCUT2D eigenvalue weighted by Crippen LogP contribution is -2.27. The maximum absolute atomic E-state index is 12.9. The van der Waals surface area contributed by atoms with Crippen LogP contribution >= 0.6 is 11.8 Å². The fraction of sp³-hybridized carbons (Fsp3) is 0.381. The lowest BCUT2D eigenvalue weighted by molar-refractivity contribution is -0.205. The number of fused-ring (bicyclic) bond motifs is 3. The zero-order chi connectivity index (χ0) is 22.1. The van der Waals surface area contributed by atoms with Gasteiger partial charge in [0.25, 0.3) is 0 Å². The Labute approximate surface area is 176 Å². The van der Waals surface area contributed by atoms with Crippen molar-refractivity contribution in [1.29, 1.82) is 0 Å². The van der Waals surface area contributed by atoms with Gasteiger partial charge < -0.3 is 18.9 Å². The highest BCUT2D eigenvalue weighted by Gasteiger charge is 2.43. The van der Waals surface area contributed by atoms with Crippen molar-refractivity contribution >= 4 is 17.7 Å². The summed E-state index contributed by atoms with van der Waals surface area (Å²) >= 11 is 1.44. The van der Waals surface area contributed by atoms with Crippen molar-refractivity contribution in [3.63, 3.8) is 0 Å². The molecule has 1 aliphatic carbocycles. The summed E-state index contributed by atoms with van der Waals surface area (Å²) in [4.78, 5) is 12.4. The Morgan fingerprint density at radius 2 is 1.77 bits per heavy atom. The lowest BCUT2D eigenvalue weighted by atomic mass is 9.94. The first-order valence-electron chi connectivity index (χ1n) is 9.03. The van der Waals surface area contributed by atoms with Crippen LogP contribution in [0.25, 0.3) is 11.1 Å². The predicted octanol–water partition coefficient (Wildman–Crippen LogP) is 5.19. The minimum absolute atomic E-state index is 0.179. The first kappa shape index (κ1) is 22.1. The van der Waals surface area contributed by atoms with Crippen molar-refractivity contribution in [1.82, 2.24) is 0 Å². The van der Waals surface area contributed by atoms with Gasteiger partial charge in [-0.1, -0.05) is 6.07 Å². The van der Waals surface area contributed by atoms with E-state index in [1.165, 1.54) is 33.1 Å². The van der Waals surface area contributed by atoms with Gasteiger partial charge in [0, 0.05) is 16.0 Å². The van der Waals surface area contributed by atoms with Crippen LogP contribution in [0.4, 0.5) is 13.2 Å². The molecule has 0 spiro atoms. The lowest BCUT2D eigenvalue weighted by Gasteiger charge is -2.21. The Morgan fingerprint density at radius 3 is 2.33 bits per heavy atom. The number of ether oxygens (including phenoxy) is 4. The van der Waals surface area contributed by atoms with Gasteiger partial charge in [-0.15, -0.1) is 11.8 Å². The summed E-state index contributed by atoms with van der Waals surface area (Å²) in [5, 5.41) is 0. The molecule has 0 fully saturated rings. The molecule has 1 atom stereocenters. The van der Waals surface area contributed by atoms with Crippen LogP contribution < -0.4 is 14.2 Å². The molecule has 0 radical (unpaired) electrons. The molecule has 1 aliphatic rings. The normalized spacial score (nSPS) is 15.5. The number of methoxy groups -OCH3 is 3. The average molecular weight is 442 g/mol. The van der Waals surface area contributed by atoms with Crippen molar-refractivity contribution in [3.05, 3.63) is 35.4 Å². The molecule has 2 aromatic rings. The Bertz CT molecular complexity index is 959. The van der Waals surface area contributed by atoms with E-state index < -0.39 is 18.2 Å². The molecule has 9 heteroatoms. The SMILES string of the molecule is COc1cc2c(c(OC)c1OC)-c1ccc(SC)cc1C(OC(=O)C(F)(F)F)CC2. The van der Waals surface area contributed by atoms with E-state index in [1.54, 1.807) is 18.2 Å². The summed E-state index contributed by atoms with van der Waals surface area (Å²) < 4.78 is 60.0. The van der Waals surface area contributed by atoms with E-state index >= 15 is 0 Å². The number of carbonyl (C=O) groups is 1. The van der Waals surface area contributed by atoms with Gasteiger partial charge in [-0.2, -0.15) is 13.2 Å². The van der Waals surface area contributed by atoms with E-state index in [-0.39, 0.29) is 6.42 Å². The van der Waals surface area contributed by atoms with Gasteiger partial charge in [0.2, 0.25) is 5.75 Å². The summed E-state index contributed by atoms with van der Waals surface area (Å²) in [6, 6.07) is 7.18. The quantitative estimate of drug-likeness (QED) is 0.469. The standard InChI is InChI=1S/C21H21F3O5S/c1-26-16-9-11-5-8-15(29-20(25)21(22,23)24)14-10-12(30-4)6-7-13(14)17(11)19(28-3)18(16)27-2/h6-7,9-10,15H,5,8H2,1-4H3. The largest absolute Gasteiger partial charge is 0.493 e. The van der Waals surface area contributed by atoms with Crippen molar-refractivity contribution < 1.29 is 36.9 Å². The number of thioether (sulfide) groups is 1. The third-order valence-corrected chi connectivity index (χ3v) is 5.67. The second-order valence-corrected chi connectivity index (χ2v) is 7.44. The number of rotatable bonds is 5. The minimum atomic E-state index is -5.07. The van der Waals surface area contributed by atoms with Gasteiger partial charge in [0.05, 0.1) is 21.3 Å². The second-order valence-electron chi connectivity index (χ2n) is 6.56. The molecule has 162 valence electrons. The van der Waals surface area contributed by atoms with Gasteiger partial charge in [-0.3, -0.25) is 0 Å². The van der Waals surface area contributed by atoms with Crippen molar-refractivity contribution in [2.24, 2.45) is 0 Å². The number of halogens is 3. The van der Waals surface area contributed by atoms with Crippen molar-refractivity contribution in [2.75, 3.05) is 27.6 Å². The molecule has 0 saturated carbocycles. The van der Waals surface area contributed by atoms with Crippen molar-refractivity contribution in [3.8, 4) is 28.4 Å². The van der Waals surface area contributed by atoms with E-state index in [2.05, 4.69) is 0 Å². The van der Waals surface area contributed by atoms with Crippen LogP contribution in [0.2, 0.25) is 0 Å². The molecule has 0 N–H and O–H groups in total. The van der Waals surface area contributed by atoms with Crippen LogP contribution in [-0.2, 0) is 16.0 Å². The van der Waals surface area contributed by atoms with Gasteiger partial charge in [0.1, 0.15) is 6.10 Å². The monoisotopic (exact) mass is 442 g/mol. The number of carbonyl (C=O) groups excluding carboxylic acids is 1. The zero-order valence-electron chi connectivity index (χ0n) is 16.9. The molecular formula is C21H21F3O5S. The van der Waals surface area contributed by atoms with Gasteiger partial charge >= 0.3 is 12.1 Å². The molecule has 0 aromatic heterocycles. The van der Waals surface area contributed by atoms with E-state index in [9.17, 15) is 18.0 Å². The summed E-state index contributed by atoms with van der Waals surface area (Å²) in [6.07, 6.45) is -3.74. The van der Waals surface area contributed by atoms with E-state index in [0.717, 1.165) is 10.5 Å². The number of esters is 1. The smallest absolute Gasteiger partial charge is 0.490 e. The third kappa shape index (κ3) is 4.03. The van der Waals surface area contributed by atoms with Gasteiger partial charge in [-0.05, 0) is 48.4 Å². The zero-order valence-corrected chi connectivity index (χ0v) is 17.7. The molecule has 0 bridgehead atoms. The highest BCUT2D eigenvalue weighted by Crippen LogP contribution is 2.51. The van der Waals surface area contributed by atoms with Crippen LogP contribution in [0.15, 0.2) is 29.2 Å². The van der Waals surface area contributed by atoms with Crippen LogP contribution in [0.5, 0.6) is 17.2 Å². The van der Waals surface area contributed by atoms with Crippen LogP contribution in [0.1, 0.15) is 23.7 Å². The summed E-state index contributed by atoms with van der Waals surface area (Å²) in [5.74, 6) is -0.973. The molecule has 3 rings (SSSR count). The molecule has 0 heterocycles. The molecule has 5 nitrogen and oxygen atoms in total. The summed E-state index contributed by atoms with van der Waals surface area (Å²) in [5.41, 5.74) is 2.60. The number of alkyl halides is 3. The third-order valence-electron chi connectivity index (χ3n) is 4.94.